The van der Waals surface area contributed by atoms with Gasteiger partial charge in [-0.3, -0.25) is 14.4 Å². The van der Waals surface area contributed by atoms with Crippen LogP contribution in [0.5, 0.6) is 0 Å². The third-order valence-corrected chi connectivity index (χ3v) is 7.90. The molecule has 3 heterocycles. The van der Waals surface area contributed by atoms with Gasteiger partial charge in [-0.2, -0.15) is 13.2 Å². The first-order valence-corrected chi connectivity index (χ1v) is 12.5. The van der Waals surface area contributed by atoms with Gasteiger partial charge in [0.2, 0.25) is 0 Å². The summed E-state index contributed by atoms with van der Waals surface area (Å²) in [7, 11) is 0. The Balaban J connectivity index is 1.59. The van der Waals surface area contributed by atoms with Crippen molar-refractivity contribution in [2.24, 2.45) is 0 Å². The summed E-state index contributed by atoms with van der Waals surface area (Å²) < 4.78 is 97.4. The van der Waals surface area contributed by atoms with Crippen molar-refractivity contribution in [3.05, 3.63) is 58.1 Å². The van der Waals surface area contributed by atoms with Gasteiger partial charge in [-0.1, -0.05) is 0 Å². The van der Waals surface area contributed by atoms with E-state index in [-0.39, 0.29) is 28.1 Å². The lowest BCUT2D eigenvalue weighted by Gasteiger charge is -2.38. The van der Waals surface area contributed by atoms with E-state index in [0.29, 0.717) is 38.8 Å². The molecule has 2 aliphatic heterocycles. The van der Waals surface area contributed by atoms with Crippen LogP contribution in [0.2, 0.25) is 0 Å². The Bertz CT molecular complexity index is 1390. The Morgan fingerprint density at radius 3 is 2.41 bits per heavy atom. The van der Waals surface area contributed by atoms with Gasteiger partial charge in [0, 0.05) is 72.1 Å². The van der Waals surface area contributed by atoms with Gasteiger partial charge in [-0.05, 0) is 18.2 Å². The standard InChI is InChI=1S/C24H21F7N4OS/c25-14-1-2-16(18(26)8-14)20-17(24(29,30)31)7-13-9-32-23(36)35-15(12-37-22(20)21(13)35)10-33-3-5-34(6-4-33)11-19(27)28/h1-2,7-9,15,19H,3-6,10-12H2. The van der Waals surface area contributed by atoms with Gasteiger partial charge in [0.05, 0.1) is 23.7 Å². The molecule has 0 bridgehead atoms. The van der Waals surface area contributed by atoms with Crippen LogP contribution in [0.1, 0.15) is 11.6 Å². The van der Waals surface area contributed by atoms with Crippen LogP contribution in [-0.2, 0) is 6.18 Å². The number of rotatable bonds is 5. The average molecular weight is 547 g/mol. The van der Waals surface area contributed by atoms with Crippen molar-refractivity contribution in [2.75, 3.05) is 45.0 Å². The fraction of sp³-hybridized carbons (Fsp3) is 0.417. The summed E-state index contributed by atoms with van der Waals surface area (Å²) >= 11 is 1.08. The lowest BCUT2D eigenvalue weighted by atomic mass is 9.96. The van der Waals surface area contributed by atoms with Gasteiger partial charge >= 0.3 is 11.9 Å². The summed E-state index contributed by atoms with van der Waals surface area (Å²) in [5.41, 5.74) is -2.40. The van der Waals surface area contributed by atoms with E-state index in [9.17, 15) is 35.5 Å². The first kappa shape index (κ1) is 26.0. The minimum absolute atomic E-state index is 0.0761. The van der Waals surface area contributed by atoms with E-state index in [0.717, 1.165) is 36.2 Å². The zero-order valence-corrected chi connectivity index (χ0v) is 20.1. The lowest BCUT2D eigenvalue weighted by molar-refractivity contribution is -0.137. The van der Waals surface area contributed by atoms with Crippen molar-refractivity contribution in [1.82, 2.24) is 19.4 Å². The number of piperazine rings is 1. The highest BCUT2D eigenvalue weighted by atomic mass is 32.2. The van der Waals surface area contributed by atoms with Crippen LogP contribution in [0.15, 0.2) is 40.2 Å². The second-order valence-electron chi connectivity index (χ2n) is 9.06. The predicted molar refractivity (Wildman–Crippen MR) is 125 cm³/mol. The predicted octanol–water partition coefficient (Wildman–Crippen LogP) is 4.89. The number of thioether (sulfide) groups is 1. The number of alkyl halides is 5. The molecule has 1 aromatic heterocycles. The maximum absolute atomic E-state index is 14.8. The number of nitrogens with zero attached hydrogens (tertiary/aromatic N) is 4. The second-order valence-corrected chi connectivity index (χ2v) is 10.1. The van der Waals surface area contributed by atoms with Crippen molar-refractivity contribution in [2.45, 2.75) is 23.5 Å². The zero-order chi connectivity index (χ0) is 26.5. The van der Waals surface area contributed by atoms with Crippen molar-refractivity contribution in [1.29, 1.82) is 0 Å². The molecule has 1 atom stereocenters. The molecule has 0 saturated carbocycles. The fourth-order valence-electron chi connectivity index (χ4n) is 5.00. The molecule has 0 radical (unpaired) electrons. The van der Waals surface area contributed by atoms with Gasteiger partial charge in [-0.25, -0.2) is 27.3 Å². The summed E-state index contributed by atoms with van der Waals surface area (Å²) in [6.45, 7) is 1.92. The van der Waals surface area contributed by atoms with Gasteiger partial charge < -0.3 is 0 Å². The van der Waals surface area contributed by atoms with Crippen LogP contribution in [0, 0.1) is 11.6 Å². The molecular formula is C24H21F7N4OS. The Hall–Kier alpha value is -2.64. The zero-order valence-electron chi connectivity index (χ0n) is 19.2. The monoisotopic (exact) mass is 546 g/mol. The third-order valence-electron chi connectivity index (χ3n) is 6.67. The fourth-order valence-corrected chi connectivity index (χ4v) is 6.33. The highest BCUT2D eigenvalue weighted by Crippen LogP contribution is 2.49. The number of aromatic nitrogens is 2. The maximum atomic E-state index is 14.8. The van der Waals surface area contributed by atoms with Crippen LogP contribution >= 0.6 is 11.8 Å². The highest BCUT2D eigenvalue weighted by molar-refractivity contribution is 7.99. The average Bonchev–Trinajstić information content (AvgIpc) is 2.82. The summed E-state index contributed by atoms with van der Waals surface area (Å²) in [5, 5.41) is 0.0761. The van der Waals surface area contributed by atoms with E-state index in [1.807, 2.05) is 4.90 Å². The molecule has 0 aliphatic carbocycles. The Morgan fingerprint density at radius 1 is 1.05 bits per heavy atom. The Labute approximate surface area is 210 Å². The molecule has 5 rings (SSSR count). The van der Waals surface area contributed by atoms with Gasteiger partial charge in [0.1, 0.15) is 11.6 Å². The van der Waals surface area contributed by atoms with Gasteiger partial charge in [0.25, 0.3) is 6.43 Å². The Morgan fingerprint density at radius 2 is 1.76 bits per heavy atom. The molecule has 1 fully saturated rings. The summed E-state index contributed by atoms with van der Waals surface area (Å²) in [6.07, 6.45) is -6.21. The molecule has 1 unspecified atom stereocenters. The van der Waals surface area contributed by atoms with Gasteiger partial charge in [-0.15, -0.1) is 11.8 Å². The molecule has 0 amide bonds. The minimum atomic E-state index is -4.85. The SMILES string of the molecule is O=c1ncc2cc(C(F)(F)F)c(-c3ccc(F)cc3F)c3c2n1C(CN1CCN(CC(F)F)CC1)CS3. The lowest BCUT2D eigenvalue weighted by Crippen LogP contribution is -2.50. The summed E-state index contributed by atoms with van der Waals surface area (Å²) in [6, 6.07) is 2.76. The van der Waals surface area contributed by atoms with Crippen LogP contribution in [0.3, 0.4) is 0 Å². The first-order chi connectivity index (χ1) is 17.5. The van der Waals surface area contributed by atoms with E-state index in [1.165, 1.54) is 4.57 Å². The molecule has 2 aliphatic rings. The van der Waals surface area contributed by atoms with Crippen molar-refractivity contribution in [3.8, 4) is 11.1 Å². The molecule has 3 aromatic rings. The van der Waals surface area contributed by atoms with E-state index < -0.39 is 52.7 Å². The Kier molecular flexibility index (Phi) is 6.96. The second kappa shape index (κ2) is 9.91. The summed E-state index contributed by atoms with van der Waals surface area (Å²) in [5.74, 6) is -1.86. The smallest absolute Gasteiger partial charge is 0.299 e. The molecule has 0 spiro atoms. The first-order valence-electron chi connectivity index (χ1n) is 11.5. The normalized spacial score (nSPS) is 19.2. The topological polar surface area (TPSA) is 41.4 Å². The van der Waals surface area contributed by atoms with Crippen LogP contribution < -0.4 is 5.69 Å². The quantitative estimate of drug-likeness (QED) is 0.427. The molecule has 198 valence electrons. The van der Waals surface area contributed by atoms with Crippen LogP contribution in [0.25, 0.3) is 22.0 Å². The van der Waals surface area contributed by atoms with Crippen molar-refractivity contribution < 1.29 is 30.7 Å². The van der Waals surface area contributed by atoms with E-state index >= 15 is 0 Å². The van der Waals surface area contributed by atoms with Gasteiger partial charge in [0.15, 0.2) is 0 Å². The number of benzene rings is 2. The molecule has 13 heteroatoms. The largest absolute Gasteiger partial charge is 0.417 e. The van der Waals surface area contributed by atoms with Crippen molar-refractivity contribution in [3.63, 3.8) is 0 Å². The van der Waals surface area contributed by atoms with Crippen LogP contribution in [0.4, 0.5) is 30.7 Å². The molecule has 37 heavy (non-hydrogen) atoms. The number of hydrogen-bond acceptors (Lipinski definition) is 5. The molecule has 2 aromatic carbocycles. The minimum Gasteiger partial charge on any atom is -0.299 e. The molecule has 1 saturated heterocycles. The third kappa shape index (κ3) is 5.08. The molecule has 0 N–H and O–H groups in total. The summed E-state index contributed by atoms with van der Waals surface area (Å²) in [4.78, 5) is 20.5. The number of halogens is 7. The number of hydrogen-bond donors (Lipinski definition) is 0. The highest BCUT2D eigenvalue weighted by Gasteiger charge is 2.39. The van der Waals surface area contributed by atoms with Crippen LogP contribution in [-0.4, -0.2) is 70.8 Å². The van der Waals surface area contributed by atoms with E-state index in [1.54, 1.807) is 4.90 Å². The maximum Gasteiger partial charge on any atom is 0.417 e. The van der Waals surface area contributed by atoms with Crippen molar-refractivity contribution >= 4 is 22.7 Å². The molecular weight excluding hydrogens is 525 g/mol. The molecule has 5 nitrogen and oxygen atoms in total. The van der Waals surface area contributed by atoms with E-state index in [4.69, 9.17) is 0 Å². The van der Waals surface area contributed by atoms with E-state index in [2.05, 4.69) is 4.98 Å².